The van der Waals surface area contributed by atoms with Gasteiger partial charge in [-0.3, -0.25) is 0 Å². The van der Waals surface area contributed by atoms with E-state index in [1.54, 1.807) is 0 Å². The number of ether oxygens (including phenoxy) is 1. The first kappa shape index (κ1) is 26.5. The number of rotatable bonds is 8. The van der Waals surface area contributed by atoms with Gasteiger partial charge in [0.15, 0.2) is 6.61 Å². The van der Waals surface area contributed by atoms with Gasteiger partial charge in [0.2, 0.25) is 10.0 Å². The Morgan fingerprint density at radius 2 is 1.80 bits per heavy atom. The molecule has 0 heterocycles. The minimum absolute atomic E-state index is 0.00583. The van der Waals surface area contributed by atoms with Crippen LogP contribution in [0.3, 0.4) is 0 Å². The number of alkyl halides is 3. The minimum atomic E-state index is -4.61. The van der Waals surface area contributed by atoms with Gasteiger partial charge in [-0.25, -0.2) is 17.6 Å². The third-order valence-electron chi connectivity index (χ3n) is 4.90. The van der Waals surface area contributed by atoms with Gasteiger partial charge < -0.3 is 9.84 Å². The van der Waals surface area contributed by atoms with E-state index in [-0.39, 0.29) is 33.3 Å². The van der Waals surface area contributed by atoms with E-state index in [1.165, 1.54) is 37.4 Å². The van der Waals surface area contributed by atoms with E-state index in [2.05, 4.69) is 0 Å². The number of halogens is 5. The summed E-state index contributed by atoms with van der Waals surface area (Å²) >= 11 is 5.69. The lowest BCUT2D eigenvalue weighted by atomic mass is 9.99. The number of hydrogen-bond donors (Lipinski definition) is 1. The van der Waals surface area contributed by atoms with Crippen LogP contribution >= 0.6 is 11.6 Å². The Balaban J connectivity index is 1.99. The van der Waals surface area contributed by atoms with Crippen molar-refractivity contribution in [3.05, 3.63) is 82.6 Å². The summed E-state index contributed by atoms with van der Waals surface area (Å²) in [6.45, 7) is -0.937. The van der Waals surface area contributed by atoms with Crippen LogP contribution in [0.1, 0.15) is 11.1 Å². The van der Waals surface area contributed by atoms with E-state index in [0.29, 0.717) is 5.56 Å². The van der Waals surface area contributed by atoms with Crippen molar-refractivity contribution in [3.63, 3.8) is 0 Å². The van der Waals surface area contributed by atoms with Gasteiger partial charge in [0, 0.05) is 19.2 Å². The van der Waals surface area contributed by atoms with Gasteiger partial charge in [-0.05, 0) is 53.6 Å². The lowest BCUT2D eigenvalue weighted by molar-refractivity contribution is -0.139. The molecule has 186 valence electrons. The van der Waals surface area contributed by atoms with E-state index >= 15 is 0 Å². The molecule has 0 radical (unpaired) electrons. The van der Waals surface area contributed by atoms with E-state index in [1.807, 2.05) is 0 Å². The highest BCUT2D eigenvalue weighted by molar-refractivity contribution is 7.89. The average Bonchev–Trinajstić information content (AvgIpc) is 2.79. The Morgan fingerprint density at radius 1 is 1.09 bits per heavy atom. The Bertz CT molecular complexity index is 1360. The van der Waals surface area contributed by atoms with Crippen LogP contribution in [0, 0.1) is 5.82 Å². The predicted molar refractivity (Wildman–Crippen MR) is 120 cm³/mol. The normalized spacial score (nSPS) is 12.1. The molecule has 0 unspecified atom stereocenters. The van der Waals surface area contributed by atoms with Crippen molar-refractivity contribution in [1.82, 2.24) is 4.31 Å². The van der Waals surface area contributed by atoms with Gasteiger partial charge in [-0.2, -0.15) is 17.5 Å². The predicted octanol–water partition coefficient (Wildman–Crippen LogP) is 5.45. The first-order valence-electron chi connectivity index (χ1n) is 9.85. The quantitative estimate of drug-likeness (QED) is 0.391. The summed E-state index contributed by atoms with van der Waals surface area (Å²) in [6, 6.07) is 11.5. The summed E-state index contributed by atoms with van der Waals surface area (Å²) in [7, 11) is -2.82. The molecule has 0 aliphatic carbocycles. The second-order valence-electron chi connectivity index (χ2n) is 7.43. The molecular weight excluding hydrogens is 514 g/mol. The lowest BCUT2D eigenvalue weighted by Gasteiger charge is -2.19. The van der Waals surface area contributed by atoms with Crippen LogP contribution in [0.5, 0.6) is 5.75 Å². The van der Waals surface area contributed by atoms with Crippen LogP contribution < -0.4 is 4.74 Å². The molecule has 0 aliphatic heterocycles. The molecule has 0 saturated heterocycles. The number of carboxylic acid groups (broad SMARTS) is 1. The molecule has 35 heavy (non-hydrogen) atoms. The molecule has 3 aromatic carbocycles. The Morgan fingerprint density at radius 3 is 2.43 bits per heavy atom. The summed E-state index contributed by atoms with van der Waals surface area (Å²) < 4.78 is 85.1. The molecule has 0 saturated carbocycles. The number of sulfonamides is 1. The molecule has 3 aromatic rings. The number of carbonyl (C=O) groups is 1. The maximum atomic E-state index is 13.4. The van der Waals surface area contributed by atoms with Gasteiger partial charge in [-0.1, -0.05) is 29.8 Å². The first-order valence-corrected chi connectivity index (χ1v) is 11.7. The molecule has 0 spiro atoms. The van der Waals surface area contributed by atoms with E-state index < -0.39 is 40.2 Å². The number of benzene rings is 3. The largest absolute Gasteiger partial charge is 0.481 e. The molecule has 6 nitrogen and oxygen atoms in total. The van der Waals surface area contributed by atoms with E-state index in [9.17, 15) is 30.8 Å². The van der Waals surface area contributed by atoms with Gasteiger partial charge in [0.05, 0.1) is 15.5 Å². The van der Waals surface area contributed by atoms with Gasteiger partial charge in [0.1, 0.15) is 11.6 Å². The van der Waals surface area contributed by atoms with Crippen LogP contribution in [0.2, 0.25) is 5.02 Å². The molecular formula is C23H18ClF4NO5S. The molecule has 0 fully saturated rings. The van der Waals surface area contributed by atoms with Crippen LogP contribution in [0.25, 0.3) is 11.1 Å². The van der Waals surface area contributed by atoms with Crippen molar-refractivity contribution in [3.8, 4) is 16.9 Å². The average molecular weight is 532 g/mol. The number of hydrogen-bond acceptors (Lipinski definition) is 4. The first-order chi connectivity index (χ1) is 16.3. The van der Waals surface area contributed by atoms with Crippen LogP contribution in [-0.4, -0.2) is 37.5 Å². The number of nitrogens with zero attached hydrogens (tertiary/aromatic N) is 1. The molecule has 0 aliphatic rings. The second-order valence-corrected chi connectivity index (χ2v) is 9.88. The highest BCUT2D eigenvalue weighted by atomic mass is 35.5. The van der Waals surface area contributed by atoms with Gasteiger partial charge >= 0.3 is 12.1 Å². The van der Waals surface area contributed by atoms with Crippen molar-refractivity contribution < 1.29 is 40.6 Å². The Kier molecular flexibility index (Phi) is 7.73. The van der Waals surface area contributed by atoms with Crippen LogP contribution in [0.15, 0.2) is 65.6 Å². The highest BCUT2D eigenvalue weighted by Crippen LogP contribution is 2.36. The summed E-state index contributed by atoms with van der Waals surface area (Å²) in [5, 5.41) is 8.55. The van der Waals surface area contributed by atoms with Crippen molar-refractivity contribution in [2.75, 3.05) is 13.7 Å². The van der Waals surface area contributed by atoms with Crippen molar-refractivity contribution in [2.45, 2.75) is 17.6 Å². The van der Waals surface area contributed by atoms with Crippen LogP contribution in [-0.2, 0) is 27.5 Å². The third kappa shape index (κ3) is 6.30. The smallest absolute Gasteiger partial charge is 0.416 e. The molecule has 0 atom stereocenters. The molecule has 0 amide bonds. The fourth-order valence-corrected chi connectivity index (χ4v) is 4.62. The second kappa shape index (κ2) is 10.2. The molecule has 12 heteroatoms. The van der Waals surface area contributed by atoms with Gasteiger partial charge in [0.25, 0.3) is 0 Å². The fraction of sp³-hybridized carbons (Fsp3) is 0.174. The number of carboxylic acids is 1. The van der Waals surface area contributed by atoms with Crippen molar-refractivity contribution in [1.29, 1.82) is 0 Å². The molecule has 0 bridgehead atoms. The summed E-state index contributed by atoms with van der Waals surface area (Å²) in [4.78, 5) is 10.7. The standard InChI is InChI=1S/C23H18ClF4NO5S/c1-29(35(32,33)17-6-7-20(25)19(24)11-17)12-14-5-8-21(34-13-22(30)31)18(9-14)15-3-2-4-16(10-15)23(26,27)28/h2-11H,12-13H2,1H3,(H,30,31). The topological polar surface area (TPSA) is 83.9 Å². The summed E-state index contributed by atoms with van der Waals surface area (Å²) in [6.07, 6.45) is -4.61. The molecule has 3 rings (SSSR count). The maximum absolute atomic E-state index is 13.4. The zero-order valence-corrected chi connectivity index (χ0v) is 19.6. The fourth-order valence-electron chi connectivity index (χ4n) is 3.19. The van der Waals surface area contributed by atoms with Crippen LogP contribution in [0.4, 0.5) is 17.6 Å². The molecule has 1 N–H and O–H groups in total. The van der Waals surface area contributed by atoms with Gasteiger partial charge in [-0.15, -0.1) is 0 Å². The Hall–Kier alpha value is -3.15. The monoisotopic (exact) mass is 531 g/mol. The molecule has 0 aromatic heterocycles. The maximum Gasteiger partial charge on any atom is 0.416 e. The van der Waals surface area contributed by atoms with E-state index in [4.69, 9.17) is 21.4 Å². The Labute approximate surface area is 203 Å². The minimum Gasteiger partial charge on any atom is -0.481 e. The third-order valence-corrected chi connectivity index (χ3v) is 6.99. The van der Waals surface area contributed by atoms with Crippen molar-refractivity contribution in [2.24, 2.45) is 0 Å². The summed E-state index contributed by atoms with van der Waals surface area (Å²) in [5.74, 6) is -2.06. The van der Waals surface area contributed by atoms with E-state index in [0.717, 1.165) is 34.6 Å². The lowest BCUT2D eigenvalue weighted by Crippen LogP contribution is -2.26. The SMILES string of the molecule is CN(Cc1ccc(OCC(=O)O)c(-c2cccc(C(F)(F)F)c2)c1)S(=O)(=O)c1ccc(F)c(Cl)c1. The number of aliphatic carboxylic acids is 1. The highest BCUT2D eigenvalue weighted by Gasteiger charge is 2.31. The zero-order chi connectivity index (χ0) is 26.0. The van der Waals surface area contributed by atoms with Crippen molar-refractivity contribution >= 4 is 27.6 Å². The summed E-state index contributed by atoms with van der Waals surface area (Å²) in [5.41, 5.74) is -0.305. The zero-order valence-electron chi connectivity index (χ0n) is 18.0.